The van der Waals surface area contributed by atoms with Crippen LogP contribution >= 0.6 is 0 Å². The van der Waals surface area contributed by atoms with Gasteiger partial charge in [-0.2, -0.15) is 0 Å². The summed E-state index contributed by atoms with van der Waals surface area (Å²) in [6, 6.07) is 17.7. The Kier molecular flexibility index (Phi) is 4.70. The summed E-state index contributed by atoms with van der Waals surface area (Å²) in [6.45, 7) is 0. The molecule has 0 aliphatic heterocycles. The molecule has 126 valence electrons. The third-order valence-corrected chi connectivity index (χ3v) is 4.04. The van der Waals surface area contributed by atoms with Crippen molar-refractivity contribution < 1.29 is 19.4 Å². The number of ether oxygens (including phenoxy) is 2. The van der Waals surface area contributed by atoms with Gasteiger partial charge in [-0.3, -0.25) is 0 Å². The van der Waals surface area contributed by atoms with E-state index in [1.54, 1.807) is 20.3 Å². The Hall–Kier alpha value is -3.27. The lowest BCUT2D eigenvalue weighted by Crippen LogP contribution is -1.91. The molecule has 4 nitrogen and oxygen atoms in total. The van der Waals surface area contributed by atoms with E-state index in [4.69, 9.17) is 14.6 Å². The van der Waals surface area contributed by atoms with E-state index >= 15 is 0 Å². The zero-order valence-corrected chi connectivity index (χ0v) is 14.0. The molecule has 0 aromatic heterocycles. The Morgan fingerprint density at radius 1 is 0.960 bits per heavy atom. The molecule has 0 bridgehead atoms. The van der Waals surface area contributed by atoms with E-state index in [1.165, 1.54) is 0 Å². The summed E-state index contributed by atoms with van der Waals surface area (Å²) in [5.74, 6) is 0.448. The Labute approximate surface area is 145 Å². The first-order chi connectivity index (χ1) is 12.1. The predicted molar refractivity (Wildman–Crippen MR) is 99.2 cm³/mol. The first-order valence-corrected chi connectivity index (χ1v) is 7.78. The van der Waals surface area contributed by atoms with Crippen molar-refractivity contribution in [2.75, 3.05) is 14.2 Å². The first-order valence-electron chi connectivity index (χ1n) is 7.78. The fraction of sp³-hybridized carbons (Fsp3) is 0.0952. The maximum absolute atomic E-state index is 10.9. The molecule has 0 unspecified atom stereocenters. The highest BCUT2D eigenvalue weighted by Crippen LogP contribution is 2.33. The molecule has 0 aliphatic carbocycles. The Bertz CT molecular complexity index is 957. The maximum atomic E-state index is 10.9. The van der Waals surface area contributed by atoms with Gasteiger partial charge in [-0.1, -0.05) is 30.3 Å². The van der Waals surface area contributed by atoms with Gasteiger partial charge in [-0.05, 0) is 52.2 Å². The number of benzene rings is 3. The highest BCUT2D eigenvalue weighted by Gasteiger charge is 2.08. The molecular weight excluding hydrogens is 316 g/mol. The fourth-order valence-corrected chi connectivity index (χ4v) is 2.82. The van der Waals surface area contributed by atoms with Gasteiger partial charge < -0.3 is 14.6 Å². The second-order valence-electron chi connectivity index (χ2n) is 5.52. The molecule has 0 amide bonds. The summed E-state index contributed by atoms with van der Waals surface area (Å²) >= 11 is 0. The van der Waals surface area contributed by atoms with Crippen LogP contribution in [0.2, 0.25) is 0 Å². The van der Waals surface area contributed by atoms with Crippen molar-refractivity contribution in [3.05, 3.63) is 66.2 Å². The average molecular weight is 334 g/mol. The normalized spacial score (nSPS) is 11.0. The highest BCUT2D eigenvalue weighted by atomic mass is 16.5. The smallest absolute Gasteiger partial charge is 0.328 e. The minimum absolute atomic E-state index is 0.638. The molecule has 0 fully saturated rings. The number of hydrogen-bond donors (Lipinski definition) is 1. The quantitative estimate of drug-likeness (QED) is 0.692. The van der Waals surface area contributed by atoms with Crippen LogP contribution in [0.4, 0.5) is 0 Å². The third-order valence-electron chi connectivity index (χ3n) is 4.04. The zero-order valence-electron chi connectivity index (χ0n) is 14.0. The van der Waals surface area contributed by atoms with Crippen LogP contribution in [0.25, 0.3) is 28.0 Å². The summed E-state index contributed by atoms with van der Waals surface area (Å²) in [7, 11) is 3.22. The van der Waals surface area contributed by atoms with E-state index in [-0.39, 0.29) is 0 Å². The molecule has 1 N–H and O–H groups in total. The van der Waals surface area contributed by atoms with Crippen LogP contribution in [-0.4, -0.2) is 25.3 Å². The number of carboxylic acid groups (broad SMARTS) is 1. The highest BCUT2D eigenvalue weighted by molar-refractivity contribution is 5.98. The van der Waals surface area contributed by atoms with Gasteiger partial charge >= 0.3 is 5.97 Å². The predicted octanol–water partition coefficient (Wildman–Crippen LogP) is 4.62. The summed E-state index contributed by atoms with van der Waals surface area (Å²) in [5, 5.41) is 10.9. The van der Waals surface area contributed by atoms with Gasteiger partial charge in [0, 0.05) is 11.6 Å². The van der Waals surface area contributed by atoms with Gasteiger partial charge in [-0.15, -0.1) is 0 Å². The van der Waals surface area contributed by atoms with Crippen molar-refractivity contribution in [1.29, 1.82) is 0 Å². The zero-order chi connectivity index (χ0) is 17.8. The second kappa shape index (κ2) is 7.09. The molecule has 4 heteroatoms. The summed E-state index contributed by atoms with van der Waals surface area (Å²) in [6.07, 6.45) is 2.68. The van der Waals surface area contributed by atoms with Crippen LogP contribution < -0.4 is 9.47 Å². The van der Waals surface area contributed by atoms with Gasteiger partial charge in [0.15, 0.2) is 0 Å². The molecular formula is C21H18O4. The van der Waals surface area contributed by atoms with Crippen molar-refractivity contribution in [3.8, 4) is 22.6 Å². The number of carboxylic acids is 1. The molecule has 25 heavy (non-hydrogen) atoms. The third kappa shape index (κ3) is 3.48. The average Bonchev–Trinajstić information content (AvgIpc) is 2.65. The Morgan fingerprint density at radius 2 is 1.76 bits per heavy atom. The van der Waals surface area contributed by atoms with Gasteiger partial charge in [0.2, 0.25) is 0 Å². The van der Waals surface area contributed by atoms with Crippen LogP contribution in [0.15, 0.2) is 60.7 Å². The number of fused-ring (bicyclic) bond motifs is 1. The van der Waals surface area contributed by atoms with E-state index in [2.05, 4.69) is 6.07 Å². The van der Waals surface area contributed by atoms with Crippen molar-refractivity contribution in [1.82, 2.24) is 0 Å². The topological polar surface area (TPSA) is 55.8 Å². The molecule has 3 aromatic rings. The molecule has 0 spiro atoms. The lowest BCUT2D eigenvalue weighted by atomic mass is 9.97. The van der Waals surface area contributed by atoms with Gasteiger partial charge in [-0.25, -0.2) is 4.79 Å². The summed E-state index contributed by atoms with van der Waals surface area (Å²) < 4.78 is 10.7. The fourth-order valence-electron chi connectivity index (χ4n) is 2.82. The van der Waals surface area contributed by atoms with Gasteiger partial charge in [0.05, 0.1) is 14.2 Å². The minimum Gasteiger partial charge on any atom is -0.497 e. The summed E-state index contributed by atoms with van der Waals surface area (Å²) in [4.78, 5) is 10.9. The first kappa shape index (κ1) is 16.6. The molecule has 3 aromatic carbocycles. The summed E-state index contributed by atoms with van der Waals surface area (Å²) in [5.41, 5.74) is 2.86. The Morgan fingerprint density at radius 3 is 2.48 bits per heavy atom. The van der Waals surface area contributed by atoms with Crippen molar-refractivity contribution in [2.45, 2.75) is 0 Å². The van der Waals surface area contributed by atoms with E-state index < -0.39 is 5.97 Å². The van der Waals surface area contributed by atoms with E-state index in [1.807, 2.05) is 48.5 Å². The van der Waals surface area contributed by atoms with Crippen LogP contribution in [0, 0.1) is 0 Å². The number of carbonyl (C=O) groups is 1. The van der Waals surface area contributed by atoms with Crippen molar-refractivity contribution >= 4 is 22.8 Å². The molecule has 0 saturated carbocycles. The molecule has 3 rings (SSSR count). The number of hydrogen-bond acceptors (Lipinski definition) is 3. The molecule has 0 radical (unpaired) electrons. The molecule has 0 atom stereocenters. The van der Waals surface area contributed by atoms with E-state index in [0.717, 1.165) is 39.3 Å². The molecule has 0 saturated heterocycles. The monoisotopic (exact) mass is 334 g/mol. The Balaban J connectivity index is 2.14. The van der Waals surface area contributed by atoms with E-state index in [0.29, 0.717) is 5.75 Å². The lowest BCUT2D eigenvalue weighted by Gasteiger charge is -2.11. The lowest BCUT2D eigenvalue weighted by molar-refractivity contribution is -0.131. The van der Waals surface area contributed by atoms with Crippen LogP contribution in [0.3, 0.4) is 0 Å². The SMILES string of the molecule is COc1cccc(-c2ccc3c(C=CC(=O)O)c(OC)ccc3c2)c1. The second-order valence-corrected chi connectivity index (χ2v) is 5.52. The number of aliphatic carboxylic acids is 1. The van der Waals surface area contributed by atoms with Crippen LogP contribution in [0.5, 0.6) is 11.5 Å². The molecule has 0 heterocycles. The van der Waals surface area contributed by atoms with Crippen LogP contribution in [0.1, 0.15) is 5.56 Å². The van der Waals surface area contributed by atoms with Crippen LogP contribution in [-0.2, 0) is 4.79 Å². The van der Waals surface area contributed by atoms with Gasteiger partial charge in [0.25, 0.3) is 0 Å². The standard InChI is InChI=1S/C21H18O4/c1-24-17-5-3-4-14(13-17)15-6-8-18-16(12-15)7-10-20(25-2)19(18)9-11-21(22)23/h3-13H,1-2H3,(H,22,23). The minimum atomic E-state index is -0.993. The van der Waals surface area contributed by atoms with Crippen molar-refractivity contribution in [3.63, 3.8) is 0 Å². The maximum Gasteiger partial charge on any atom is 0.328 e. The number of methoxy groups -OCH3 is 2. The van der Waals surface area contributed by atoms with Gasteiger partial charge in [0.1, 0.15) is 11.5 Å². The molecule has 0 aliphatic rings. The number of rotatable bonds is 5. The van der Waals surface area contributed by atoms with Crippen molar-refractivity contribution in [2.24, 2.45) is 0 Å². The van der Waals surface area contributed by atoms with E-state index in [9.17, 15) is 4.79 Å². The largest absolute Gasteiger partial charge is 0.497 e.